The van der Waals surface area contributed by atoms with Crippen molar-refractivity contribution in [2.24, 2.45) is 0 Å². The number of esters is 3. The van der Waals surface area contributed by atoms with Crippen LogP contribution in [0, 0.1) is 0 Å². The van der Waals surface area contributed by atoms with Gasteiger partial charge in [0.15, 0.2) is 0 Å². The maximum atomic E-state index is 12.8. The molecule has 9 nitrogen and oxygen atoms in total. The topological polar surface area (TPSA) is 124 Å². The fraction of sp³-hybridized carbons (Fsp3) is 0.385. The van der Waals surface area contributed by atoms with E-state index in [-0.39, 0.29) is 63.1 Å². The van der Waals surface area contributed by atoms with Crippen molar-refractivity contribution < 1.29 is 33.4 Å². The van der Waals surface area contributed by atoms with Gasteiger partial charge in [-0.25, -0.2) is 4.79 Å². The van der Waals surface area contributed by atoms with E-state index in [9.17, 15) is 19.2 Å². The summed E-state index contributed by atoms with van der Waals surface area (Å²) >= 11 is 0. The summed E-state index contributed by atoms with van der Waals surface area (Å²) in [5.41, 5.74) is 3.73. The zero-order chi connectivity index (χ0) is 25.4. The zero-order valence-corrected chi connectivity index (χ0v) is 20.2. The molecule has 0 saturated carbocycles. The number of benzene rings is 1. The first-order chi connectivity index (χ1) is 16.9. The highest BCUT2D eigenvalue weighted by Crippen LogP contribution is 2.34. The number of nitrogens with one attached hydrogen (secondary N) is 2. The number of para-hydroxylation sites is 1. The maximum Gasteiger partial charge on any atom is 0.355 e. The van der Waals surface area contributed by atoms with Crippen LogP contribution in [0.4, 0.5) is 5.69 Å². The third kappa shape index (κ3) is 6.17. The van der Waals surface area contributed by atoms with E-state index in [0.29, 0.717) is 28.1 Å². The van der Waals surface area contributed by atoms with Gasteiger partial charge in [-0.1, -0.05) is 18.2 Å². The van der Waals surface area contributed by atoms with Gasteiger partial charge in [0, 0.05) is 29.8 Å². The molecule has 1 amide bonds. The number of fused-ring (bicyclic) bond motifs is 1. The molecule has 1 aromatic heterocycles. The Morgan fingerprint density at radius 1 is 0.857 bits per heavy atom. The second-order valence-electron chi connectivity index (χ2n) is 7.76. The average Bonchev–Trinajstić information content (AvgIpc) is 3.34. The molecule has 1 aliphatic heterocycles. The Hall–Kier alpha value is -3.88. The minimum Gasteiger partial charge on any atom is -0.466 e. The molecule has 186 valence electrons. The lowest BCUT2D eigenvalue weighted by atomic mass is 9.97. The average molecular weight is 483 g/mol. The standard InChI is InChI=1S/C26H30N2O7/c1-4-33-22(29)13-11-17-18(12-14-23(30)34-5-2)24(26(32)35-6-3)27-21(17)15-19-16-9-7-8-10-20(16)28-25(19)31/h7-10,15,27H,4-6,11-14H2,1-3H3,(H,28,31). The normalized spacial score (nSPS) is 13.3. The van der Waals surface area contributed by atoms with Crippen LogP contribution >= 0.6 is 0 Å². The van der Waals surface area contributed by atoms with Crippen LogP contribution in [0.5, 0.6) is 0 Å². The van der Waals surface area contributed by atoms with Gasteiger partial charge in [0.2, 0.25) is 0 Å². The first kappa shape index (κ1) is 25.7. The second-order valence-corrected chi connectivity index (χ2v) is 7.76. The molecule has 2 N–H and O–H groups in total. The van der Waals surface area contributed by atoms with Crippen LogP contribution in [0.15, 0.2) is 24.3 Å². The second kappa shape index (κ2) is 12.0. The van der Waals surface area contributed by atoms with Crippen LogP contribution in [0.3, 0.4) is 0 Å². The monoisotopic (exact) mass is 482 g/mol. The van der Waals surface area contributed by atoms with Gasteiger partial charge in [0.05, 0.1) is 25.4 Å². The number of hydrogen-bond donors (Lipinski definition) is 2. The smallest absolute Gasteiger partial charge is 0.355 e. The molecule has 35 heavy (non-hydrogen) atoms. The summed E-state index contributed by atoms with van der Waals surface area (Å²) in [6.07, 6.45) is 2.23. The van der Waals surface area contributed by atoms with Gasteiger partial charge in [0.25, 0.3) is 5.91 Å². The van der Waals surface area contributed by atoms with E-state index in [1.54, 1.807) is 32.9 Å². The van der Waals surface area contributed by atoms with Crippen LogP contribution < -0.4 is 5.32 Å². The largest absolute Gasteiger partial charge is 0.466 e. The minimum absolute atomic E-state index is 0.0455. The number of carbonyl (C=O) groups is 4. The number of aromatic nitrogens is 1. The van der Waals surface area contributed by atoms with Crippen molar-refractivity contribution >= 4 is 41.2 Å². The predicted molar refractivity (Wildman–Crippen MR) is 130 cm³/mol. The lowest BCUT2D eigenvalue weighted by Crippen LogP contribution is -2.12. The molecular weight excluding hydrogens is 452 g/mol. The molecule has 0 aliphatic carbocycles. The maximum absolute atomic E-state index is 12.8. The number of amides is 1. The summed E-state index contributed by atoms with van der Waals surface area (Å²) < 4.78 is 15.3. The van der Waals surface area contributed by atoms with Gasteiger partial charge in [-0.3, -0.25) is 14.4 Å². The Balaban J connectivity index is 2.09. The van der Waals surface area contributed by atoms with E-state index in [4.69, 9.17) is 14.2 Å². The van der Waals surface area contributed by atoms with Crippen LogP contribution in [0.2, 0.25) is 0 Å². The summed E-state index contributed by atoms with van der Waals surface area (Å²) in [6.45, 7) is 5.81. The van der Waals surface area contributed by atoms with E-state index < -0.39 is 11.9 Å². The van der Waals surface area contributed by atoms with Gasteiger partial charge in [-0.05, 0) is 56.9 Å². The van der Waals surface area contributed by atoms with Crippen LogP contribution in [0.1, 0.15) is 66.5 Å². The summed E-state index contributed by atoms with van der Waals surface area (Å²) in [5.74, 6) is -1.64. The summed E-state index contributed by atoms with van der Waals surface area (Å²) in [6, 6.07) is 7.29. The lowest BCUT2D eigenvalue weighted by molar-refractivity contribution is -0.144. The number of H-pyrrole nitrogens is 1. The number of anilines is 1. The molecule has 0 saturated heterocycles. The van der Waals surface area contributed by atoms with Crippen LogP contribution in [-0.2, 0) is 41.4 Å². The summed E-state index contributed by atoms with van der Waals surface area (Å²) in [5, 5.41) is 2.82. The molecule has 0 radical (unpaired) electrons. The quantitative estimate of drug-likeness (QED) is 0.284. The first-order valence-corrected chi connectivity index (χ1v) is 11.7. The predicted octanol–water partition coefficient (Wildman–Crippen LogP) is 3.68. The van der Waals surface area contributed by atoms with E-state index >= 15 is 0 Å². The third-order valence-corrected chi connectivity index (χ3v) is 5.50. The molecule has 0 bridgehead atoms. The lowest BCUT2D eigenvalue weighted by Gasteiger charge is -2.08. The van der Waals surface area contributed by atoms with Gasteiger partial charge in [-0.2, -0.15) is 0 Å². The van der Waals surface area contributed by atoms with Crippen molar-refractivity contribution in [3.63, 3.8) is 0 Å². The fourth-order valence-corrected chi connectivity index (χ4v) is 4.01. The molecule has 3 rings (SSSR count). The SMILES string of the molecule is CCOC(=O)CCc1c(C=C2C(=O)Nc3ccccc32)[nH]c(C(=O)OCC)c1CCC(=O)OCC. The zero-order valence-electron chi connectivity index (χ0n) is 20.2. The molecule has 1 aliphatic rings. The number of carbonyl (C=O) groups excluding carboxylic acids is 4. The number of aromatic amines is 1. The number of ether oxygens (including phenoxy) is 3. The Kier molecular flexibility index (Phi) is 8.83. The van der Waals surface area contributed by atoms with Crippen LogP contribution in [-0.4, -0.2) is 48.6 Å². The van der Waals surface area contributed by atoms with Gasteiger partial charge < -0.3 is 24.5 Å². The fourth-order valence-electron chi connectivity index (χ4n) is 4.01. The van der Waals surface area contributed by atoms with Gasteiger partial charge >= 0.3 is 17.9 Å². The van der Waals surface area contributed by atoms with Crippen molar-refractivity contribution in [1.82, 2.24) is 4.98 Å². The van der Waals surface area contributed by atoms with Crippen molar-refractivity contribution in [1.29, 1.82) is 0 Å². The van der Waals surface area contributed by atoms with Crippen molar-refractivity contribution in [3.05, 3.63) is 52.3 Å². The molecule has 1 aromatic carbocycles. The molecule has 9 heteroatoms. The molecule has 0 fully saturated rings. The molecule has 0 atom stereocenters. The Labute approximate surface area is 203 Å². The van der Waals surface area contributed by atoms with Gasteiger partial charge in [-0.15, -0.1) is 0 Å². The minimum atomic E-state index is -0.579. The third-order valence-electron chi connectivity index (χ3n) is 5.50. The van der Waals surface area contributed by atoms with E-state index in [1.807, 2.05) is 18.2 Å². The molecule has 0 spiro atoms. The van der Waals surface area contributed by atoms with E-state index in [2.05, 4.69) is 10.3 Å². The number of hydrogen-bond acceptors (Lipinski definition) is 7. The van der Waals surface area contributed by atoms with Crippen molar-refractivity contribution in [2.75, 3.05) is 25.1 Å². The Morgan fingerprint density at radius 2 is 1.46 bits per heavy atom. The van der Waals surface area contributed by atoms with Crippen molar-refractivity contribution in [3.8, 4) is 0 Å². The highest BCUT2D eigenvalue weighted by atomic mass is 16.5. The molecular formula is C26H30N2O7. The van der Waals surface area contributed by atoms with E-state index in [0.717, 1.165) is 5.56 Å². The molecule has 2 aromatic rings. The van der Waals surface area contributed by atoms with Gasteiger partial charge in [0.1, 0.15) is 5.69 Å². The Morgan fingerprint density at radius 3 is 2.09 bits per heavy atom. The summed E-state index contributed by atoms with van der Waals surface area (Å²) in [7, 11) is 0. The molecule has 2 heterocycles. The van der Waals surface area contributed by atoms with E-state index in [1.165, 1.54) is 0 Å². The van der Waals surface area contributed by atoms with Crippen molar-refractivity contribution in [2.45, 2.75) is 46.5 Å². The summed E-state index contributed by atoms with van der Waals surface area (Å²) in [4.78, 5) is 52.7. The Bertz CT molecular complexity index is 1150. The highest BCUT2D eigenvalue weighted by Gasteiger charge is 2.27. The van der Waals surface area contributed by atoms with Crippen LogP contribution in [0.25, 0.3) is 11.6 Å². The molecule has 0 unspecified atom stereocenters. The first-order valence-electron chi connectivity index (χ1n) is 11.7. The number of rotatable bonds is 11. The highest BCUT2D eigenvalue weighted by molar-refractivity contribution is 6.34.